The predicted octanol–water partition coefficient (Wildman–Crippen LogP) is 2.38. The molecule has 0 heterocycles. The molecule has 0 aromatic rings. The Morgan fingerprint density at radius 1 is 1.13 bits per heavy atom. The molecule has 0 saturated carbocycles. The van der Waals surface area contributed by atoms with Crippen molar-refractivity contribution in [3.63, 3.8) is 0 Å². The van der Waals surface area contributed by atoms with E-state index >= 15 is 0 Å². The first kappa shape index (κ1) is 21.7. The molecule has 0 aromatic carbocycles. The molecule has 6 heteroatoms. The average molecular weight is 329 g/mol. The van der Waals surface area contributed by atoms with E-state index in [0.717, 1.165) is 12.8 Å². The smallest absolute Gasteiger partial charge is 0.407 e. The van der Waals surface area contributed by atoms with E-state index < -0.39 is 5.60 Å². The molecule has 2 atom stereocenters. The lowest BCUT2D eigenvalue weighted by Crippen LogP contribution is -2.44. The second kappa shape index (κ2) is 9.75. The number of likely N-dealkylation sites (N-methyl/N-ethyl adjacent to an activating group) is 1. The van der Waals surface area contributed by atoms with Gasteiger partial charge >= 0.3 is 6.09 Å². The number of nitrogens with zero attached hydrogens (tertiary/aromatic N) is 1. The van der Waals surface area contributed by atoms with Crippen molar-refractivity contribution in [1.29, 1.82) is 0 Å². The van der Waals surface area contributed by atoms with E-state index in [0.29, 0.717) is 12.5 Å². The Morgan fingerprint density at radius 3 is 2.13 bits per heavy atom. The van der Waals surface area contributed by atoms with Gasteiger partial charge in [-0.05, 0) is 53.0 Å². The topological polar surface area (TPSA) is 70.7 Å². The lowest BCUT2D eigenvalue weighted by Gasteiger charge is -2.25. The maximum atomic E-state index is 11.9. The van der Waals surface area contributed by atoms with Gasteiger partial charge in [-0.3, -0.25) is 4.79 Å². The average Bonchev–Trinajstić information content (AvgIpc) is 2.33. The molecule has 0 bridgehead atoms. The molecule has 0 fully saturated rings. The third-order valence-electron chi connectivity index (χ3n) is 3.23. The number of hydrogen-bond donors (Lipinski definition) is 2. The lowest BCUT2D eigenvalue weighted by atomic mass is 10.0. The van der Waals surface area contributed by atoms with Gasteiger partial charge in [0, 0.05) is 20.1 Å². The van der Waals surface area contributed by atoms with Crippen LogP contribution in [0.4, 0.5) is 4.79 Å². The standard InChI is InChI=1S/C17H35N3O3/c1-12(2)11-14(19-16(22)23-17(4,5)6)9-10-18-13(3)15(21)20(7)8/h12-14,18H,9-11H2,1-8H3,(H,19,22)/t13-,14?/m0/s1. The highest BCUT2D eigenvalue weighted by Gasteiger charge is 2.21. The van der Waals surface area contributed by atoms with Gasteiger partial charge in [-0.25, -0.2) is 4.79 Å². The highest BCUT2D eigenvalue weighted by Crippen LogP contribution is 2.11. The molecule has 2 N–H and O–H groups in total. The fourth-order valence-electron chi connectivity index (χ4n) is 2.24. The highest BCUT2D eigenvalue weighted by molar-refractivity contribution is 5.80. The van der Waals surface area contributed by atoms with Crippen LogP contribution in [0.1, 0.15) is 54.4 Å². The monoisotopic (exact) mass is 329 g/mol. The molecule has 0 saturated heterocycles. The Labute approximate surface area is 141 Å². The maximum Gasteiger partial charge on any atom is 0.407 e. The Hall–Kier alpha value is -1.30. The molecule has 0 aliphatic rings. The van der Waals surface area contributed by atoms with Crippen molar-refractivity contribution in [2.45, 2.75) is 72.1 Å². The molecule has 0 rings (SSSR count). The fraction of sp³-hybridized carbons (Fsp3) is 0.882. The molecule has 0 radical (unpaired) electrons. The molecule has 0 aromatic heterocycles. The van der Waals surface area contributed by atoms with E-state index in [2.05, 4.69) is 24.5 Å². The fourth-order valence-corrected chi connectivity index (χ4v) is 2.24. The van der Waals surface area contributed by atoms with Crippen LogP contribution in [0.15, 0.2) is 0 Å². The van der Waals surface area contributed by atoms with Crippen LogP contribution in [0.3, 0.4) is 0 Å². The van der Waals surface area contributed by atoms with Crippen LogP contribution in [-0.2, 0) is 9.53 Å². The van der Waals surface area contributed by atoms with E-state index in [-0.39, 0.29) is 24.1 Å². The van der Waals surface area contributed by atoms with Gasteiger partial charge < -0.3 is 20.3 Å². The zero-order valence-electron chi connectivity index (χ0n) is 16.0. The lowest BCUT2D eigenvalue weighted by molar-refractivity contribution is -0.130. The third-order valence-corrected chi connectivity index (χ3v) is 3.23. The van der Waals surface area contributed by atoms with Crippen molar-refractivity contribution in [3.05, 3.63) is 0 Å². The number of nitrogens with one attached hydrogen (secondary N) is 2. The van der Waals surface area contributed by atoms with E-state index in [1.165, 1.54) is 0 Å². The second-order valence-electron chi connectivity index (χ2n) is 7.67. The van der Waals surface area contributed by atoms with Crippen molar-refractivity contribution in [3.8, 4) is 0 Å². The van der Waals surface area contributed by atoms with Crippen molar-refractivity contribution >= 4 is 12.0 Å². The molecule has 0 aliphatic heterocycles. The van der Waals surface area contributed by atoms with Gasteiger partial charge in [-0.15, -0.1) is 0 Å². The van der Waals surface area contributed by atoms with E-state index in [1.54, 1.807) is 19.0 Å². The predicted molar refractivity (Wildman–Crippen MR) is 93.4 cm³/mol. The minimum Gasteiger partial charge on any atom is -0.444 e. The molecule has 0 spiro atoms. The second-order valence-corrected chi connectivity index (χ2v) is 7.67. The summed E-state index contributed by atoms with van der Waals surface area (Å²) in [4.78, 5) is 25.3. The summed E-state index contributed by atoms with van der Waals surface area (Å²) in [6, 6.07) is -0.203. The molecule has 23 heavy (non-hydrogen) atoms. The Bertz CT molecular complexity index is 376. The van der Waals surface area contributed by atoms with Crippen LogP contribution >= 0.6 is 0 Å². The van der Waals surface area contributed by atoms with Gasteiger partial charge in [0.15, 0.2) is 0 Å². The minimum atomic E-state index is -0.503. The van der Waals surface area contributed by atoms with Crippen LogP contribution in [0.25, 0.3) is 0 Å². The van der Waals surface area contributed by atoms with E-state index in [1.807, 2.05) is 27.7 Å². The molecular weight excluding hydrogens is 294 g/mol. The van der Waals surface area contributed by atoms with Gasteiger partial charge in [0.1, 0.15) is 5.60 Å². The summed E-state index contributed by atoms with van der Waals surface area (Å²) in [7, 11) is 3.48. The van der Waals surface area contributed by atoms with Crippen LogP contribution < -0.4 is 10.6 Å². The van der Waals surface area contributed by atoms with Crippen molar-refractivity contribution in [1.82, 2.24) is 15.5 Å². The zero-order valence-corrected chi connectivity index (χ0v) is 16.0. The first-order chi connectivity index (χ1) is 10.4. The van der Waals surface area contributed by atoms with Crippen molar-refractivity contribution < 1.29 is 14.3 Å². The van der Waals surface area contributed by atoms with Crippen LogP contribution in [0.5, 0.6) is 0 Å². The van der Waals surface area contributed by atoms with Gasteiger partial charge in [-0.2, -0.15) is 0 Å². The summed E-state index contributed by atoms with van der Waals surface area (Å²) >= 11 is 0. The molecule has 0 aliphatic carbocycles. The van der Waals surface area contributed by atoms with Crippen LogP contribution in [0.2, 0.25) is 0 Å². The summed E-state index contributed by atoms with van der Waals surface area (Å²) < 4.78 is 5.32. The number of rotatable bonds is 8. The van der Waals surface area contributed by atoms with Crippen LogP contribution in [-0.4, -0.2) is 55.2 Å². The maximum absolute atomic E-state index is 11.9. The summed E-state index contributed by atoms with van der Waals surface area (Å²) in [6.07, 6.45) is 1.24. The van der Waals surface area contributed by atoms with Crippen molar-refractivity contribution in [2.75, 3.05) is 20.6 Å². The van der Waals surface area contributed by atoms with Crippen molar-refractivity contribution in [2.24, 2.45) is 5.92 Å². The Balaban J connectivity index is 4.40. The van der Waals surface area contributed by atoms with Gasteiger partial charge in [-0.1, -0.05) is 13.8 Å². The molecule has 2 amide bonds. The molecule has 1 unspecified atom stereocenters. The van der Waals surface area contributed by atoms with E-state index in [9.17, 15) is 9.59 Å². The number of carbonyl (C=O) groups excluding carboxylic acids is 2. The van der Waals surface area contributed by atoms with E-state index in [4.69, 9.17) is 4.74 Å². The zero-order chi connectivity index (χ0) is 18.2. The van der Waals surface area contributed by atoms with Gasteiger partial charge in [0.2, 0.25) is 5.91 Å². The normalized spacial score (nSPS) is 14.3. The van der Waals surface area contributed by atoms with Gasteiger partial charge in [0.25, 0.3) is 0 Å². The number of alkyl carbamates (subject to hydrolysis) is 1. The molecule has 6 nitrogen and oxygen atoms in total. The number of hydrogen-bond acceptors (Lipinski definition) is 4. The summed E-state index contributed by atoms with van der Waals surface area (Å²) in [5.74, 6) is 0.515. The first-order valence-electron chi connectivity index (χ1n) is 8.36. The highest BCUT2D eigenvalue weighted by atomic mass is 16.6. The van der Waals surface area contributed by atoms with Gasteiger partial charge in [0.05, 0.1) is 6.04 Å². The Morgan fingerprint density at radius 2 is 1.70 bits per heavy atom. The summed E-state index contributed by atoms with van der Waals surface area (Å²) in [5.41, 5.74) is -0.503. The Kier molecular flexibility index (Phi) is 9.20. The first-order valence-corrected chi connectivity index (χ1v) is 8.36. The number of amides is 2. The largest absolute Gasteiger partial charge is 0.444 e. The minimum absolute atomic E-state index is 0.0269. The molecule has 136 valence electrons. The number of ether oxygens (including phenoxy) is 1. The number of carbonyl (C=O) groups is 2. The quantitative estimate of drug-likeness (QED) is 0.717. The van der Waals surface area contributed by atoms with Crippen LogP contribution in [0, 0.1) is 5.92 Å². The SMILES string of the molecule is CC(C)CC(CCN[C@@H](C)C(=O)N(C)C)NC(=O)OC(C)(C)C. The molecular formula is C17H35N3O3. The summed E-state index contributed by atoms with van der Waals surface area (Å²) in [6.45, 7) is 12.3. The third kappa shape index (κ3) is 11.0. The summed E-state index contributed by atoms with van der Waals surface area (Å²) in [5, 5.41) is 6.14.